The minimum absolute atomic E-state index is 0.0283. The van der Waals surface area contributed by atoms with E-state index in [9.17, 15) is 18.0 Å². The molecular weight excluding hydrogens is 464 g/mol. The number of hydrogen-bond donors (Lipinski definition) is 1. The van der Waals surface area contributed by atoms with Crippen LogP contribution in [-0.4, -0.2) is 44.8 Å². The Hall–Kier alpha value is -3.23. The lowest BCUT2D eigenvalue weighted by Gasteiger charge is -2.31. The van der Waals surface area contributed by atoms with Crippen molar-refractivity contribution in [2.24, 2.45) is 5.92 Å². The highest BCUT2D eigenvalue weighted by atomic mass is 32.2. The van der Waals surface area contributed by atoms with Gasteiger partial charge >= 0.3 is 5.97 Å². The van der Waals surface area contributed by atoms with E-state index in [0.29, 0.717) is 12.8 Å². The highest BCUT2D eigenvalue weighted by Crippen LogP contribution is 2.27. The summed E-state index contributed by atoms with van der Waals surface area (Å²) in [4.78, 5) is 25.3. The lowest BCUT2D eigenvalue weighted by Crippen LogP contribution is -2.44. The summed E-state index contributed by atoms with van der Waals surface area (Å²) in [5.74, 6) is -0.918. The third-order valence-corrected chi connectivity index (χ3v) is 8.47. The number of esters is 1. The molecule has 1 atom stereocenters. The van der Waals surface area contributed by atoms with Crippen molar-refractivity contribution in [3.05, 3.63) is 77.9 Å². The summed E-state index contributed by atoms with van der Waals surface area (Å²) in [5.41, 5.74) is 1.91. The van der Waals surface area contributed by atoms with Crippen molar-refractivity contribution in [3.8, 4) is 0 Å². The first-order valence-corrected chi connectivity index (χ1v) is 13.1. The van der Waals surface area contributed by atoms with E-state index >= 15 is 0 Å². The maximum Gasteiger partial charge on any atom is 0.307 e. The summed E-state index contributed by atoms with van der Waals surface area (Å²) in [5, 5.41) is 4.84. The molecule has 1 aliphatic heterocycles. The predicted molar refractivity (Wildman–Crippen MR) is 134 cm³/mol. The first-order chi connectivity index (χ1) is 16.8. The molecule has 0 saturated carbocycles. The van der Waals surface area contributed by atoms with Crippen LogP contribution in [0.25, 0.3) is 10.8 Å². The summed E-state index contributed by atoms with van der Waals surface area (Å²) in [7, 11) is -2.33. The SMILES string of the molecule is COC(=O)CC(NC(=O)C1CCN(S(=O)(=O)c2ccc3ccccc3c2)CC1)c1ccc(C)cc1. The smallest absolute Gasteiger partial charge is 0.307 e. The molecule has 4 rings (SSSR count). The molecule has 3 aromatic carbocycles. The minimum atomic E-state index is -3.65. The van der Waals surface area contributed by atoms with Crippen LogP contribution in [0.5, 0.6) is 0 Å². The van der Waals surface area contributed by atoms with Crippen LogP contribution >= 0.6 is 0 Å². The van der Waals surface area contributed by atoms with E-state index in [0.717, 1.165) is 21.9 Å². The van der Waals surface area contributed by atoms with E-state index in [4.69, 9.17) is 4.74 Å². The zero-order chi connectivity index (χ0) is 25.0. The van der Waals surface area contributed by atoms with Gasteiger partial charge in [0.25, 0.3) is 0 Å². The van der Waals surface area contributed by atoms with Crippen molar-refractivity contribution < 1.29 is 22.7 Å². The van der Waals surface area contributed by atoms with E-state index in [1.165, 1.54) is 11.4 Å². The molecule has 1 N–H and O–H groups in total. The van der Waals surface area contributed by atoms with Gasteiger partial charge in [-0.3, -0.25) is 9.59 Å². The van der Waals surface area contributed by atoms with Gasteiger partial charge in [-0.25, -0.2) is 8.42 Å². The molecule has 35 heavy (non-hydrogen) atoms. The number of nitrogens with one attached hydrogen (secondary N) is 1. The molecule has 0 spiro atoms. The lowest BCUT2D eigenvalue weighted by atomic mass is 9.95. The van der Waals surface area contributed by atoms with E-state index < -0.39 is 22.0 Å². The van der Waals surface area contributed by atoms with Crippen molar-refractivity contribution in [1.82, 2.24) is 9.62 Å². The summed E-state index contributed by atoms with van der Waals surface area (Å²) in [6.45, 7) is 2.50. The fourth-order valence-corrected chi connectivity index (χ4v) is 5.93. The molecule has 7 nitrogen and oxygen atoms in total. The van der Waals surface area contributed by atoms with Gasteiger partial charge in [-0.05, 0) is 48.2 Å². The Bertz CT molecular complexity index is 1310. The van der Waals surface area contributed by atoms with Crippen LogP contribution in [0.1, 0.15) is 36.4 Å². The largest absolute Gasteiger partial charge is 0.469 e. The summed E-state index contributed by atoms with van der Waals surface area (Å²) >= 11 is 0. The maximum atomic E-state index is 13.2. The van der Waals surface area contributed by atoms with Gasteiger partial charge in [-0.15, -0.1) is 0 Å². The van der Waals surface area contributed by atoms with Crippen LogP contribution in [0.3, 0.4) is 0 Å². The number of sulfonamides is 1. The molecule has 0 bridgehead atoms. The van der Waals surface area contributed by atoms with E-state index in [1.54, 1.807) is 12.1 Å². The number of ether oxygens (including phenoxy) is 1. The number of hydrogen-bond acceptors (Lipinski definition) is 5. The van der Waals surface area contributed by atoms with Crippen molar-refractivity contribution in [2.75, 3.05) is 20.2 Å². The van der Waals surface area contributed by atoms with E-state index in [-0.39, 0.29) is 36.2 Å². The molecule has 1 fully saturated rings. The number of amides is 1. The number of benzene rings is 3. The summed E-state index contributed by atoms with van der Waals surface area (Å²) < 4.78 is 32.7. The van der Waals surface area contributed by atoms with E-state index in [1.807, 2.05) is 61.5 Å². The molecule has 1 amide bonds. The monoisotopic (exact) mass is 494 g/mol. The molecule has 1 unspecified atom stereocenters. The molecule has 0 aliphatic carbocycles. The minimum Gasteiger partial charge on any atom is -0.469 e. The van der Waals surface area contributed by atoms with Crippen LogP contribution < -0.4 is 5.32 Å². The molecule has 0 aromatic heterocycles. The number of piperidine rings is 1. The van der Waals surface area contributed by atoms with Gasteiger partial charge in [0.15, 0.2) is 0 Å². The average molecular weight is 495 g/mol. The Balaban J connectivity index is 1.42. The molecule has 1 heterocycles. The fourth-order valence-electron chi connectivity index (χ4n) is 4.43. The van der Waals surface area contributed by atoms with E-state index in [2.05, 4.69) is 5.32 Å². The molecule has 1 aliphatic rings. The number of nitrogens with zero attached hydrogens (tertiary/aromatic N) is 1. The first-order valence-electron chi connectivity index (χ1n) is 11.7. The van der Waals surface area contributed by atoms with Gasteiger partial charge in [-0.2, -0.15) is 4.31 Å². The first kappa shape index (κ1) is 24.9. The zero-order valence-electron chi connectivity index (χ0n) is 19.9. The Kier molecular flexibility index (Phi) is 7.52. The molecule has 1 saturated heterocycles. The number of methoxy groups -OCH3 is 1. The second-order valence-corrected chi connectivity index (χ2v) is 10.9. The Labute approximate surface area is 206 Å². The second kappa shape index (κ2) is 10.6. The Morgan fingerprint density at radius 1 is 1.00 bits per heavy atom. The quantitative estimate of drug-likeness (QED) is 0.502. The normalized spacial score (nSPS) is 16.1. The fraction of sp³-hybridized carbons (Fsp3) is 0.333. The van der Waals surface area contributed by atoms with Crippen molar-refractivity contribution in [2.45, 2.75) is 37.1 Å². The van der Waals surface area contributed by atoms with Gasteiger partial charge in [0.1, 0.15) is 0 Å². The molecule has 8 heteroatoms. The Morgan fingerprint density at radius 2 is 1.66 bits per heavy atom. The number of rotatable bonds is 7. The van der Waals surface area contributed by atoms with Crippen LogP contribution in [-0.2, 0) is 24.3 Å². The third kappa shape index (κ3) is 5.71. The van der Waals surface area contributed by atoms with Crippen molar-refractivity contribution in [3.63, 3.8) is 0 Å². The van der Waals surface area contributed by atoms with Crippen LogP contribution in [0.4, 0.5) is 0 Å². The van der Waals surface area contributed by atoms with Gasteiger partial charge < -0.3 is 10.1 Å². The van der Waals surface area contributed by atoms with Crippen LogP contribution in [0.15, 0.2) is 71.6 Å². The van der Waals surface area contributed by atoms with Gasteiger partial charge in [-0.1, -0.05) is 60.2 Å². The summed E-state index contributed by atoms with van der Waals surface area (Å²) in [6.07, 6.45) is 0.857. The topological polar surface area (TPSA) is 92.8 Å². The number of fused-ring (bicyclic) bond motifs is 1. The molecule has 0 radical (unpaired) electrons. The third-order valence-electron chi connectivity index (χ3n) is 6.58. The number of carbonyl (C=O) groups excluding carboxylic acids is 2. The highest BCUT2D eigenvalue weighted by molar-refractivity contribution is 7.89. The number of carbonyl (C=O) groups is 2. The Morgan fingerprint density at radius 3 is 2.31 bits per heavy atom. The molecular formula is C27H30N2O5S. The summed E-state index contributed by atoms with van der Waals surface area (Å²) in [6, 6.07) is 19.9. The highest BCUT2D eigenvalue weighted by Gasteiger charge is 2.33. The lowest BCUT2D eigenvalue weighted by molar-refractivity contribution is -0.141. The van der Waals surface area contributed by atoms with Crippen molar-refractivity contribution >= 4 is 32.7 Å². The predicted octanol–water partition coefficient (Wildman–Crippen LogP) is 3.97. The van der Waals surface area contributed by atoms with Gasteiger partial charge in [0.2, 0.25) is 15.9 Å². The van der Waals surface area contributed by atoms with Crippen LogP contribution in [0, 0.1) is 12.8 Å². The van der Waals surface area contributed by atoms with Crippen molar-refractivity contribution in [1.29, 1.82) is 0 Å². The maximum absolute atomic E-state index is 13.2. The molecule has 3 aromatic rings. The average Bonchev–Trinajstić information content (AvgIpc) is 2.88. The van der Waals surface area contributed by atoms with Gasteiger partial charge in [0.05, 0.1) is 24.5 Å². The second-order valence-electron chi connectivity index (χ2n) is 8.94. The zero-order valence-corrected chi connectivity index (χ0v) is 20.8. The molecule has 184 valence electrons. The van der Waals surface area contributed by atoms with Gasteiger partial charge in [0, 0.05) is 19.0 Å². The standard InChI is InChI=1S/C27H30N2O5S/c1-19-7-9-21(10-8-19)25(18-26(30)34-2)28-27(31)22-13-15-29(16-14-22)35(32,33)24-12-11-20-5-3-4-6-23(20)17-24/h3-12,17,22,25H,13-16,18H2,1-2H3,(H,28,31). The number of aryl methyl sites for hydroxylation is 1. The van der Waals surface area contributed by atoms with Crippen LogP contribution in [0.2, 0.25) is 0 Å².